The quantitative estimate of drug-likeness (QED) is 0.913. The third kappa shape index (κ3) is 3.00. The number of hydrogen-bond donors (Lipinski definition) is 1. The van der Waals surface area contributed by atoms with Gasteiger partial charge in [0.25, 0.3) is 0 Å². The van der Waals surface area contributed by atoms with E-state index in [0.29, 0.717) is 6.61 Å². The van der Waals surface area contributed by atoms with Crippen LogP contribution in [0.5, 0.6) is 5.75 Å². The van der Waals surface area contributed by atoms with Crippen LogP contribution in [0.4, 0.5) is 0 Å². The van der Waals surface area contributed by atoms with Crippen LogP contribution in [0.25, 0.3) is 0 Å². The highest BCUT2D eigenvalue weighted by Crippen LogP contribution is 2.30. The first-order chi connectivity index (χ1) is 8.20. The molecular weight excluding hydrogens is 254 g/mol. The van der Waals surface area contributed by atoms with Crippen LogP contribution in [0.1, 0.15) is 23.4 Å². The van der Waals surface area contributed by atoms with Gasteiger partial charge in [-0.05, 0) is 36.8 Å². The molecule has 0 fully saturated rings. The average molecular weight is 268 g/mol. The summed E-state index contributed by atoms with van der Waals surface area (Å²) in [6, 6.07) is 11.6. The fourth-order valence-corrected chi connectivity index (χ4v) is 2.69. The Kier molecular flexibility index (Phi) is 4.05. The maximum absolute atomic E-state index is 6.16. The molecule has 17 heavy (non-hydrogen) atoms. The number of rotatable bonds is 4. The molecule has 2 rings (SSSR count). The summed E-state index contributed by atoms with van der Waals surface area (Å²) >= 11 is 7.42. The van der Waals surface area contributed by atoms with E-state index in [1.807, 2.05) is 43.3 Å². The van der Waals surface area contributed by atoms with Crippen LogP contribution in [0.15, 0.2) is 36.4 Å². The van der Waals surface area contributed by atoms with E-state index in [4.69, 9.17) is 22.1 Å². The monoisotopic (exact) mass is 267 g/mol. The Morgan fingerprint density at radius 3 is 2.47 bits per heavy atom. The molecule has 1 atom stereocenters. The van der Waals surface area contributed by atoms with E-state index in [1.54, 1.807) is 0 Å². The molecule has 2 aromatic rings. The van der Waals surface area contributed by atoms with Crippen LogP contribution in [0.3, 0.4) is 0 Å². The van der Waals surface area contributed by atoms with Gasteiger partial charge >= 0.3 is 0 Å². The van der Waals surface area contributed by atoms with Gasteiger partial charge in [0.15, 0.2) is 0 Å². The molecule has 0 aliphatic heterocycles. The van der Waals surface area contributed by atoms with Gasteiger partial charge in [-0.2, -0.15) is 0 Å². The summed E-state index contributed by atoms with van der Waals surface area (Å²) in [6.45, 7) is 2.64. The Balaban J connectivity index is 2.16. The van der Waals surface area contributed by atoms with E-state index in [-0.39, 0.29) is 6.04 Å². The molecule has 2 N–H and O–H groups in total. The summed E-state index contributed by atoms with van der Waals surface area (Å²) in [5.41, 5.74) is 7.23. The second kappa shape index (κ2) is 5.54. The minimum atomic E-state index is -0.122. The van der Waals surface area contributed by atoms with Crippen molar-refractivity contribution in [3.05, 3.63) is 51.2 Å². The molecule has 1 unspecified atom stereocenters. The lowest BCUT2D eigenvalue weighted by molar-refractivity contribution is 0.340. The van der Waals surface area contributed by atoms with Crippen molar-refractivity contribution in [3.63, 3.8) is 0 Å². The molecule has 0 aliphatic rings. The van der Waals surface area contributed by atoms with Crippen molar-refractivity contribution in [2.75, 3.05) is 6.61 Å². The Bertz CT molecular complexity index is 480. The summed E-state index contributed by atoms with van der Waals surface area (Å²) in [5, 5.41) is 0. The van der Waals surface area contributed by atoms with Crippen molar-refractivity contribution in [2.45, 2.75) is 13.0 Å². The Labute approximate surface area is 110 Å². The molecule has 90 valence electrons. The fraction of sp³-hybridized carbons (Fsp3) is 0.231. The van der Waals surface area contributed by atoms with Crippen molar-refractivity contribution in [2.24, 2.45) is 5.73 Å². The molecule has 0 saturated carbocycles. The molecule has 0 bridgehead atoms. The first-order valence-electron chi connectivity index (χ1n) is 5.44. The van der Waals surface area contributed by atoms with Gasteiger partial charge in [0, 0.05) is 4.88 Å². The van der Waals surface area contributed by atoms with Gasteiger partial charge < -0.3 is 10.5 Å². The number of nitrogens with two attached hydrogens (primary N) is 1. The first kappa shape index (κ1) is 12.4. The Hall–Kier alpha value is -1.03. The largest absolute Gasteiger partial charge is 0.494 e. The second-order valence-electron chi connectivity index (χ2n) is 3.62. The lowest BCUT2D eigenvalue weighted by Gasteiger charge is -2.11. The maximum atomic E-state index is 6.16. The number of ether oxygens (including phenoxy) is 1. The molecule has 1 heterocycles. The highest BCUT2D eigenvalue weighted by molar-refractivity contribution is 7.16. The summed E-state index contributed by atoms with van der Waals surface area (Å²) in [5.74, 6) is 0.868. The standard InChI is InChI=1S/C13H14ClNOS/c1-2-16-10-5-3-9(4-6-10)13(15)11-7-8-12(14)17-11/h3-8,13H,2,15H2,1H3. The predicted octanol–water partition coefficient (Wildman–Crippen LogP) is 3.85. The summed E-state index contributed by atoms with van der Waals surface area (Å²) in [6.07, 6.45) is 0. The van der Waals surface area contributed by atoms with Gasteiger partial charge in [-0.15, -0.1) is 11.3 Å². The van der Waals surface area contributed by atoms with E-state index in [9.17, 15) is 0 Å². The first-order valence-corrected chi connectivity index (χ1v) is 6.63. The molecule has 0 spiro atoms. The van der Waals surface area contributed by atoms with Crippen molar-refractivity contribution < 1.29 is 4.74 Å². The summed E-state index contributed by atoms with van der Waals surface area (Å²) in [4.78, 5) is 1.07. The highest BCUT2D eigenvalue weighted by atomic mass is 35.5. The van der Waals surface area contributed by atoms with Crippen molar-refractivity contribution in [1.29, 1.82) is 0 Å². The van der Waals surface area contributed by atoms with Gasteiger partial charge in [-0.3, -0.25) is 0 Å². The van der Waals surface area contributed by atoms with Gasteiger partial charge in [0.1, 0.15) is 5.75 Å². The zero-order chi connectivity index (χ0) is 12.3. The highest BCUT2D eigenvalue weighted by Gasteiger charge is 2.11. The van der Waals surface area contributed by atoms with Crippen LogP contribution in [0, 0.1) is 0 Å². The molecule has 0 amide bonds. The Morgan fingerprint density at radius 2 is 1.94 bits per heavy atom. The SMILES string of the molecule is CCOc1ccc(C(N)c2ccc(Cl)s2)cc1. The molecule has 1 aromatic carbocycles. The van der Waals surface area contributed by atoms with Crippen molar-refractivity contribution in [1.82, 2.24) is 0 Å². The van der Waals surface area contributed by atoms with Crippen molar-refractivity contribution in [3.8, 4) is 5.75 Å². The van der Waals surface area contributed by atoms with Gasteiger partial charge in [-0.25, -0.2) is 0 Å². The third-order valence-electron chi connectivity index (χ3n) is 2.45. The van der Waals surface area contributed by atoms with Crippen LogP contribution < -0.4 is 10.5 Å². The molecule has 0 radical (unpaired) electrons. The van der Waals surface area contributed by atoms with E-state index >= 15 is 0 Å². The van der Waals surface area contributed by atoms with Crippen LogP contribution in [-0.2, 0) is 0 Å². The lowest BCUT2D eigenvalue weighted by Crippen LogP contribution is -2.09. The molecular formula is C13H14ClNOS. The molecule has 0 saturated heterocycles. The van der Waals surface area contributed by atoms with Gasteiger partial charge in [0.05, 0.1) is 17.0 Å². The zero-order valence-corrected chi connectivity index (χ0v) is 11.1. The zero-order valence-electron chi connectivity index (χ0n) is 9.52. The molecule has 0 aliphatic carbocycles. The van der Waals surface area contributed by atoms with Crippen LogP contribution >= 0.6 is 22.9 Å². The predicted molar refractivity (Wildman–Crippen MR) is 73.0 cm³/mol. The van der Waals surface area contributed by atoms with E-state index in [1.165, 1.54) is 11.3 Å². The Morgan fingerprint density at radius 1 is 1.24 bits per heavy atom. The molecule has 2 nitrogen and oxygen atoms in total. The minimum Gasteiger partial charge on any atom is -0.494 e. The fourth-order valence-electron chi connectivity index (χ4n) is 1.60. The van der Waals surface area contributed by atoms with Crippen LogP contribution in [0.2, 0.25) is 4.34 Å². The average Bonchev–Trinajstić information content (AvgIpc) is 2.76. The molecule has 1 aromatic heterocycles. The second-order valence-corrected chi connectivity index (χ2v) is 5.37. The van der Waals surface area contributed by atoms with E-state index in [0.717, 1.165) is 20.5 Å². The lowest BCUT2D eigenvalue weighted by atomic mass is 10.1. The number of benzene rings is 1. The normalized spacial score (nSPS) is 12.4. The van der Waals surface area contributed by atoms with Crippen molar-refractivity contribution >= 4 is 22.9 Å². The van der Waals surface area contributed by atoms with Gasteiger partial charge in [0.2, 0.25) is 0 Å². The van der Waals surface area contributed by atoms with E-state index < -0.39 is 0 Å². The topological polar surface area (TPSA) is 35.2 Å². The number of thiophene rings is 1. The van der Waals surface area contributed by atoms with Crippen LogP contribution in [-0.4, -0.2) is 6.61 Å². The maximum Gasteiger partial charge on any atom is 0.119 e. The van der Waals surface area contributed by atoms with E-state index in [2.05, 4.69) is 0 Å². The number of hydrogen-bond acceptors (Lipinski definition) is 3. The summed E-state index contributed by atoms with van der Waals surface area (Å²) < 4.78 is 6.16. The minimum absolute atomic E-state index is 0.122. The van der Waals surface area contributed by atoms with Gasteiger partial charge in [-0.1, -0.05) is 23.7 Å². The number of halogens is 1. The third-order valence-corrected chi connectivity index (χ3v) is 3.76. The summed E-state index contributed by atoms with van der Waals surface area (Å²) in [7, 11) is 0. The smallest absolute Gasteiger partial charge is 0.119 e. The molecule has 4 heteroatoms.